The summed E-state index contributed by atoms with van der Waals surface area (Å²) < 4.78 is 21.5. The van der Waals surface area contributed by atoms with Crippen LogP contribution >= 0.6 is 0 Å². The fraction of sp³-hybridized carbons (Fsp3) is 0.227. The zero-order chi connectivity index (χ0) is 20.1. The number of Topliss-reactive ketones (excluding diaryl/α,β-unsaturated/α-hetero) is 1. The predicted octanol–water partition coefficient (Wildman–Crippen LogP) is 3.82. The average molecular weight is 393 g/mol. The molecule has 0 N–H and O–H groups in total. The van der Waals surface area contributed by atoms with Crippen molar-refractivity contribution >= 4 is 11.8 Å². The molecule has 4 rings (SSSR count). The zero-order valence-corrected chi connectivity index (χ0v) is 15.6. The molecule has 0 amide bonds. The second-order valence-electron chi connectivity index (χ2n) is 6.45. The molecule has 148 valence electrons. The van der Waals surface area contributed by atoms with E-state index in [9.17, 15) is 9.59 Å². The molecule has 1 aliphatic rings. The minimum absolute atomic E-state index is 0.00657. The van der Waals surface area contributed by atoms with E-state index in [1.165, 1.54) is 6.26 Å². The van der Waals surface area contributed by atoms with Crippen LogP contribution in [0.4, 0.5) is 0 Å². The van der Waals surface area contributed by atoms with Crippen molar-refractivity contribution in [1.82, 2.24) is 4.98 Å². The van der Waals surface area contributed by atoms with Crippen molar-refractivity contribution < 1.29 is 28.2 Å². The Kier molecular flexibility index (Phi) is 5.56. The number of carbonyl (C=O) groups excluding carboxylic acids is 2. The molecule has 29 heavy (non-hydrogen) atoms. The molecule has 0 bridgehead atoms. The number of benzene rings is 2. The van der Waals surface area contributed by atoms with Crippen molar-refractivity contribution in [2.24, 2.45) is 0 Å². The second kappa shape index (κ2) is 8.60. The molecule has 7 heteroatoms. The number of hydrogen-bond acceptors (Lipinski definition) is 7. The van der Waals surface area contributed by atoms with E-state index in [1.54, 1.807) is 18.2 Å². The van der Waals surface area contributed by atoms with Crippen molar-refractivity contribution in [3.05, 3.63) is 66.1 Å². The summed E-state index contributed by atoms with van der Waals surface area (Å²) in [6.45, 7) is 0.933. The van der Waals surface area contributed by atoms with Gasteiger partial charge in [-0.3, -0.25) is 9.59 Å². The van der Waals surface area contributed by atoms with Gasteiger partial charge in [0.25, 0.3) is 0 Å². The van der Waals surface area contributed by atoms with Crippen LogP contribution in [0.15, 0.2) is 59.2 Å². The van der Waals surface area contributed by atoms with Crippen LogP contribution in [0.1, 0.15) is 28.9 Å². The molecule has 3 aromatic rings. The highest BCUT2D eigenvalue weighted by molar-refractivity contribution is 5.98. The van der Waals surface area contributed by atoms with E-state index in [2.05, 4.69) is 4.98 Å². The average Bonchev–Trinajstić information content (AvgIpc) is 3.25. The number of oxazole rings is 1. The van der Waals surface area contributed by atoms with Gasteiger partial charge in [-0.15, -0.1) is 0 Å². The van der Waals surface area contributed by atoms with Crippen molar-refractivity contribution in [2.75, 3.05) is 13.2 Å². The number of nitrogens with zero attached hydrogens (tertiary/aromatic N) is 1. The SMILES string of the molecule is O=C(CCC(=O)c1ccc2c(c1)OCCO2)OCc1coc(-c2ccccc2)n1. The zero-order valence-electron chi connectivity index (χ0n) is 15.6. The Morgan fingerprint density at radius 2 is 1.76 bits per heavy atom. The van der Waals surface area contributed by atoms with Gasteiger partial charge in [0.15, 0.2) is 17.3 Å². The van der Waals surface area contributed by atoms with Crippen molar-refractivity contribution in [1.29, 1.82) is 0 Å². The first-order chi connectivity index (χ1) is 14.2. The third kappa shape index (κ3) is 4.63. The predicted molar refractivity (Wildman–Crippen MR) is 103 cm³/mol. The Morgan fingerprint density at radius 3 is 2.59 bits per heavy atom. The highest BCUT2D eigenvalue weighted by atomic mass is 16.6. The van der Waals surface area contributed by atoms with Gasteiger partial charge >= 0.3 is 5.97 Å². The maximum absolute atomic E-state index is 12.3. The third-order valence-electron chi connectivity index (χ3n) is 4.37. The summed E-state index contributed by atoms with van der Waals surface area (Å²) in [4.78, 5) is 28.6. The Hall–Kier alpha value is -3.61. The van der Waals surface area contributed by atoms with Gasteiger partial charge < -0.3 is 18.6 Å². The quantitative estimate of drug-likeness (QED) is 0.445. The van der Waals surface area contributed by atoms with Gasteiger partial charge in [0.1, 0.15) is 31.8 Å². The maximum Gasteiger partial charge on any atom is 0.306 e. The molecular formula is C22H19NO6. The van der Waals surface area contributed by atoms with Gasteiger partial charge in [0, 0.05) is 17.5 Å². The molecule has 0 saturated heterocycles. The van der Waals surface area contributed by atoms with Gasteiger partial charge in [0.05, 0.1) is 6.42 Å². The molecule has 2 heterocycles. The number of esters is 1. The topological polar surface area (TPSA) is 87.9 Å². The Bertz CT molecular complexity index is 1010. The lowest BCUT2D eigenvalue weighted by atomic mass is 10.1. The first-order valence-electron chi connectivity index (χ1n) is 9.27. The van der Waals surface area contributed by atoms with Crippen LogP contribution in [-0.4, -0.2) is 30.0 Å². The molecule has 0 spiro atoms. The molecule has 0 unspecified atom stereocenters. The Morgan fingerprint density at radius 1 is 0.966 bits per heavy atom. The third-order valence-corrected chi connectivity index (χ3v) is 4.37. The first-order valence-corrected chi connectivity index (χ1v) is 9.27. The smallest absolute Gasteiger partial charge is 0.306 e. The van der Waals surface area contributed by atoms with Crippen LogP contribution in [0.2, 0.25) is 0 Å². The molecule has 2 aromatic carbocycles. The van der Waals surface area contributed by atoms with E-state index in [0.717, 1.165) is 5.56 Å². The number of hydrogen-bond donors (Lipinski definition) is 0. The molecular weight excluding hydrogens is 374 g/mol. The van der Waals surface area contributed by atoms with E-state index in [-0.39, 0.29) is 25.2 Å². The number of aromatic nitrogens is 1. The largest absolute Gasteiger partial charge is 0.486 e. The summed E-state index contributed by atoms with van der Waals surface area (Å²) in [6, 6.07) is 14.5. The summed E-state index contributed by atoms with van der Waals surface area (Å²) in [6.07, 6.45) is 1.49. The maximum atomic E-state index is 12.3. The molecule has 0 radical (unpaired) electrons. The highest BCUT2D eigenvalue weighted by Crippen LogP contribution is 2.31. The fourth-order valence-electron chi connectivity index (χ4n) is 2.89. The lowest BCUT2D eigenvalue weighted by Gasteiger charge is -2.18. The normalized spacial score (nSPS) is 12.4. The summed E-state index contributed by atoms with van der Waals surface area (Å²) in [5.41, 5.74) is 1.83. The minimum Gasteiger partial charge on any atom is -0.486 e. The molecule has 1 aliphatic heterocycles. The lowest BCUT2D eigenvalue weighted by Crippen LogP contribution is -2.16. The molecule has 1 aromatic heterocycles. The van der Waals surface area contributed by atoms with Crippen LogP contribution in [0, 0.1) is 0 Å². The second-order valence-corrected chi connectivity index (χ2v) is 6.45. The van der Waals surface area contributed by atoms with E-state index in [0.29, 0.717) is 41.9 Å². The summed E-state index contributed by atoms with van der Waals surface area (Å²) in [5, 5.41) is 0. The van der Waals surface area contributed by atoms with Gasteiger partial charge in [-0.05, 0) is 30.3 Å². The molecule has 7 nitrogen and oxygen atoms in total. The van der Waals surface area contributed by atoms with E-state index < -0.39 is 5.97 Å². The summed E-state index contributed by atoms with van der Waals surface area (Å²) in [7, 11) is 0. The standard InChI is InChI=1S/C22H19NO6/c24-18(16-6-8-19-20(12-16)27-11-10-26-19)7-9-21(25)28-13-17-14-29-22(23-17)15-4-2-1-3-5-15/h1-6,8,12,14H,7,9-11,13H2. The van der Waals surface area contributed by atoms with Crippen LogP contribution in [-0.2, 0) is 16.1 Å². The fourth-order valence-corrected chi connectivity index (χ4v) is 2.89. The molecule has 0 aliphatic carbocycles. The Labute approximate surface area is 167 Å². The van der Waals surface area contributed by atoms with E-state index >= 15 is 0 Å². The number of ether oxygens (including phenoxy) is 3. The van der Waals surface area contributed by atoms with Crippen molar-refractivity contribution in [3.63, 3.8) is 0 Å². The van der Waals surface area contributed by atoms with Crippen molar-refractivity contribution in [2.45, 2.75) is 19.4 Å². The number of ketones is 1. The molecule has 0 atom stereocenters. The lowest BCUT2D eigenvalue weighted by molar-refractivity contribution is -0.145. The highest BCUT2D eigenvalue weighted by Gasteiger charge is 2.16. The summed E-state index contributed by atoms with van der Waals surface area (Å²) >= 11 is 0. The number of carbonyl (C=O) groups is 2. The van der Waals surface area contributed by atoms with Crippen LogP contribution in [0.5, 0.6) is 11.5 Å². The first kappa shape index (κ1) is 18.7. The van der Waals surface area contributed by atoms with Crippen LogP contribution in [0.25, 0.3) is 11.5 Å². The summed E-state index contributed by atoms with van der Waals surface area (Å²) in [5.74, 6) is 0.997. The van der Waals surface area contributed by atoms with Gasteiger partial charge in [-0.25, -0.2) is 4.98 Å². The monoisotopic (exact) mass is 393 g/mol. The molecule has 0 fully saturated rings. The number of rotatable bonds is 7. The van der Waals surface area contributed by atoms with Crippen LogP contribution < -0.4 is 9.47 Å². The van der Waals surface area contributed by atoms with Crippen LogP contribution in [0.3, 0.4) is 0 Å². The van der Waals surface area contributed by atoms with Gasteiger partial charge in [-0.1, -0.05) is 18.2 Å². The minimum atomic E-state index is -0.472. The van der Waals surface area contributed by atoms with Gasteiger partial charge in [-0.2, -0.15) is 0 Å². The van der Waals surface area contributed by atoms with E-state index in [4.69, 9.17) is 18.6 Å². The van der Waals surface area contributed by atoms with Gasteiger partial charge in [0.2, 0.25) is 5.89 Å². The molecule has 0 saturated carbocycles. The number of fused-ring (bicyclic) bond motifs is 1. The van der Waals surface area contributed by atoms with E-state index in [1.807, 2.05) is 30.3 Å². The Balaban J connectivity index is 1.26. The van der Waals surface area contributed by atoms with Crippen molar-refractivity contribution in [3.8, 4) is 23.0 Å².